The number of amides is 2. The van der Waals surface area contributed by atoms with Crippen LogP contribution in [0.1, 0.15) is 59.3 Å². The summed E-state index contributed by atoms with van der Waals surface area (Å²) in [6.07, 6.45) is 5.84. The summed E-state index contributed by atoms with van der Waals surface area (Å²) in [7, 11) is 0. The zero-order valence-corrected chi connectivity index (χ0v) is 12.3. The Hall–Kier alpha value is -0.900. The third-order valence-corrected chi connectivity index (χ3v) is 4.63. The van der Waals surface area contributed by atoms with Crippen LogP contribution in [0.25, 0.3) is 0 Å². The Morgan fingerprint density at radius 1 is 1.05 bits per heavy atom. The number of carbonyl (C=O) groups is 2. The lowest BCUT2D eigenvalue weighted by atomic mass is 9.71. The van der Waals surface area contributed by atoms with Crippen molar-refractivity contribution < 1.29 is 9.59 Å². The van der Waals surface area contributed by atoms with Gasteiger partial charge in [0.05, 0.1) is 6.04 Å². The van der Waals surface area contributed by atoms with E-state index in [9.17, 15) is 9.59 Å². The molecular weight excluding hydrogens is 240 g/mol. The van der Waals surface area contributed by atoms with E-state index in [1.165, 1.54) is 12.8 Å². The van der Waals surface area contributed by atoms with Crippen LogP contribution in [0.4, 0.5) is 0 Å². The van der Waals surface area contributed by atoms with Crippen LogP contribution in [0.3, 0.4) is 0 Å². The molecule has 1 saturated heterocycles. The molecular formula is C15H26N2O2. The Kier molecular flexibility index (Phi) is 4.29. The molecule has 4 heteroatoms. The first kappa shape index (κ1) is 14.5. The molecule has 1 aliphatic heterocycles. The van der Waals surface area contributed by atoms with Crippen LogP contribution in [0.5, 0.6) is 0 Å². The summed E-state index contributed by atoms with van der Waals surface area (Å²) in [5.41, 5.74) is 0.388. The highest BCUT2D eigenvalue weighted by Gasteiger charge is 2.33. The summed E-state index contributed by atoms with van der Waals surface area (Å²) in [6, 6.07) is 0.261. The number of rotatable bonds is 2. The van der Waals surface area contributed by atoms with Crippen LogP contribution >= 0.6 is 0 Å². The zero-order chi connectivity index (χ0) is 14.0. The van der Waals surface area contributed by atoms with Gasteiger partial charge in [0.15, 0.2) is 0 Å². The third kappa shape index (κ3) is 3.78. The second kappa shape index (κ2) is 5.61. The van der Waals surface area contributed by atoms with Gasteiger partial charge in [-0.3, -0.25) is 14.9 Å². The largest absolute Gasteiger partial charge is 0.303 e. The fraction of sp³-hybridized carbons (Fsp3) is 0.867. The van der Waals surface area contributed by atoms with Crippen molar-refractivity contribution in [2.75, 3.05) is 0 Å². The van der Waals surface area contributed by atoms with E-state index in [2.05, 4.69) is 31.4 Å². The van der Waals surface area contributed by atoms with Crippen LogP contribution in [-0.4, -0.2) is 23.9 Å². The van der Waals surface area contributed by atoms with Crippen molar-refractivity contribution >= 4 is 11.8 Å². The number of nitrogens with one attached hydrogen (secondary N) is 2. The summed E-state index contributed by atoms with van der Waals surface area (Å²) >= 11 is 0. The van der Waals surface area contributed by atoms with Gasteiger partial charge in [-0.2, -0.15) is 0 Å². The molecule has 2 aliphatic rings. The van der Waals surface area contributed by atoms with Gasteiger partial charge in [-0.25, -0.2) is 0 Å². The topological polar surface area (TPSA) is 58.2 Å². The minimum absolute atomic E-state index is 0.139. The van der Waals surface area contributed by atoms with E-state index >= 15 is 0 Å². The molecule has 1 saturated carbocycles. The lowest BCUT2D eigenvalue weighted by Gasteiger charge is -2.38. The standard InChI is InChI=1S/C15H26N2O2/c1-15(2,3)10-4-6-11(7-5-10)16-12-8-9-13(18)17-14(12)19/h10-12,16H,4-9H2,1-3H3,(H,17,18,19). The van der Waals surface area contributed by atoms with E-state index in [0.29, 0.717) is 24.3 Å². The third-order valence-electron chi connectivity index (χ3n) is 4.63. The second-order valence-electron chi connectivity index (χ2n) is 7.08. The maximum Gasteiger partial charge on any atom is 0.243 e. The van der Waals surface area contributed by atoms with Gasteiger partial charge in [0.25, 0.3) is 0 Å². The average Bonchev–Trinajstić information content (AvgIpc) is 2.32. The van der Waals surface area contributed by atoms with E-state index in [4.69, 9.17) is 0 Å². The van der Waals surface area contributed by atoms with Crippen molar-refractivity contribution in [2.24, 2.45) is 11.3 Å². The molecule has 2 rings (SSSR count). The Labute approximate surface area is 115 Å². The molecule has 2 fully saturated rings. The van der Waals surface area contributed by atoms with Crippen LogP contribution in [0, 0.1) is 11.3 Å². The first-order chi connectivity index (χ1) is 8.86. The maximum atomic E-state index is 11.7. The molecule has 2 amide bonds. The van der Waals surface area contributed by atoms with Gasteiger partial charge in [-0.15, -0.1) is 0 Å². The minimum atomic E-state index is -0.172. The fourth-order valence-corrected chi connectivity index (χ4v) is 3.26. The quantitative estimate of drug-likeness (QED) is 0.751. The van der Waals surface area contributed by atoms with E-state index in [-0.39, 0.29) is 17.9 Å². The van der Waals surface area contributed by atoms with Crippen LogP contribution < -0.4 is 10.6 Å². The highest BCUT2D eigenvalue weighted by molar-refractivity contribution is 6.00. The molecule has 108 valence electrons. The van der Waals surface area contributed by atoms with Crippen molar-refractivity contribution in [2.45, 2.75) is 71.4 Å². The Morgan fingerprint density at radius 3 is 2.21 bits per heavy atom. The van der Waals surface area contributed by atoms with Crippen molar-refractivity contribution in [3.05, 3.63) is 0 Å². The van der Waals surface area contributed by atoms with E-state index in [1.807, 2.05) is 0 Å². The first-order valence-electron chi connectivity index (χ1n) is 7.46. The number of hydrogen-bond donors (Lipinski definition) is 2. The van der Waals surface area contributed by atoms with E-state index < -0.39 is 0 Å². The lowest BCUT2D eigenvalue weighted by Crippen LogP contribution is -2.54. The molecule has 2 N–H and O–H groups in total. The van der Waals surface area contributed by atoms with E-state index in [1.54, 1.807) is 0 Å². The predicted molar refractivity (Wildman–Crippen MR) is 74.5 cm³/mol. The molecule has 1 heterocycles. The SMILES string of the molecule is CC(C)(C)C1CCC(NC2CCC(=O)NC2=O)CC1. The van der Waals surface area contributed by atoms with Gasteiger partial charge in [0.1, 0.15) is 0 Å². The molecule has 0 aromatic carbocycles. The van der Waals surface area contributed by atoms with Crippen molar-refractivity contribution in [3.8, 4) is 0 Å². The monoisotopic (exact) mass is 266 g/mol. The molecule has 1 unspecified atom stereocenters. The van der Waals surface area contributed by atoms with E-state index in [0.717, 1.165) is 18.8 Å². The predicted octanol–water partition coefficient (Wildman–Crippen LogP) is 1.99. The molecule has 0 bridgehead atoms. The van der Waals surface area contributed by atoms with Gasteiger partial charge in [-0.05, 0) is 43.4 Å². The number of imide groups is 1. The van der Waals surface area contributed by atoms with Gasteiger partial charge in [0, 0.05) is 12.5 Å². The van der Waals surface area contributed by atoms with Crippen LogP contribution in [-0.2, 0) is 9.59 Å². The Morgan fingerprint density at radius 2 is 1.68 bits per heavy atom. The van der Waals surface area contributed by atoms with Crippen molar-refractivity contribution in [1.82, 2.24) is 10.6 Å². The summed E-state index contributed by atoms with van der Waals surface area (Å²) < 4.78 is 0. The Balaban J connectivity index is 1.80. The average molecular weight is 266 g/mol. The summed E-state index contributed by atoms with van der Waals surface area (Å²) in [6.45, 7) is 6.93. The molecule has 0 radical (unpaired) electrons. The van der Waals surface area contributed by atoms with Gasteiger partial charge >= 0.3 is 0 Å². The molecule has 0 aromatic rings. The number of piperidine rings is 1. The maximum absolute atomic E-state index is 11.7. The molecule has 1 aliphatic carbocycles. The normalized spacial score (nSPS) is 33.1. The molecule has 4 nitrogen and oxygen atoms in total. The van der Waals surface area contributed by atoms with Gasteiger partial charge in [0.2, 0.25) is 11.8 Å². The van der Waals surface area contributed by atoms with Crippen LogP contribution in [0.2, 0.25) is 0 Å². The summed E-state index contributed by atoms with van der Waals surface area (Å²) in [4.78, 5) is 22.8. The smallest absolute Gasteiger partial charge is 0.243 e. The zero-order valence-electron chi connectivity index (χ0n) is 12.3. The summed E-state index contributed by atoms with van der Waals surface area (Å²) in [5.74, 6) is 0.501. The summed E-state index contributed by atoms with van der Waals surface area (Å²) in [5, 5.41) is 5.85. The Bertz CT molecular complexity index is 352. The van der Waals surface area contributed by atoms with Crippen LogP contribution in [0.15, 0.2) is 0 Å². The number of carbonyl (C=O) groups excluding carboxylic acids is 2. The van der Waals surface area contributed by atoms with Crippen molar-refractivity contribution in [1.29, 1.82) is 0 Å². The second-order valence-corrected chi connectivity index (χ2v) is 7.08. The lowest BCUT2D eigenvalue weighted by molar-refractivity contribution is -0.135. The highest BCUT2D eigenvalue weighted by Crippen LogP contribution is 2.37. The molecule has 0 spiro atoms. The molecule has 1 atom stereocenters. The minimum Gasteiger partial charge on any atom is -0.303 e. The van der Waals surface area contributed by atoms with Crippen molar-refractivity contribution in [3.63, 3.8) is 0 Å². The highest BCUT2D eigenvalue weighted by atomic mass is 16.2. The fourth-order valence-electron chi connectivity index (χ4n) is 3.26. The van der Waals surface area contributed by atoms with Gasteiger partial charge < -0.3 is 5.32 Å². The molecule has 0 aromatic heterocycles. The number of hydrogen-bond acceptors (Lipinski definition) is 3. The van der Waals surface area contributed by atoms with Gasteiger partial charge in [-0.1, -0.05) is 20.8 Å². The molecule has 19 heavy (non-hydrogen) atoms. The first-order valence-corrected chi connectivity index (χ1v) is 7.46.